The van der Waals surface area contributed by atoms with Gasteiger partial charge in [0.05, 0.1) is 11.0 Å². The van der Waals surface area contributed by atoms with Crippen molar-refractivity contribution in [3.63, 3.8) is 0 Å². The molecule has 2 rings (SSSR count). The first-order chi connectivity index (χ1) is 19.6. The molecular formula is C29H42ClN5O5S. The Morgan fingerprint density at radius 2 is 1.85 bits per heavy atom. The van der Waals surface area contributed by atoms with Gasteiger partial charge in [-0.1, -0.05) is 62.4 Å². The highest BCUT2D eigenvalue weighted by atomic mass is 35.5. The molecule has 1 aliphatic heterocycles. The quantitative estimate of drug-likeness (QED) is 0.0585. The van der Waals surface area contributed by atoms with Gasteiger partial charge in [-0.3, -0.25) is 24.0 Å². The highest BCUT2D eigenvalue weighted by molar-refractivity contribution is 7.98. The number of nitrogens with zero attached hydrogens (tertiary/aromatic N) is 2. The highest BCUT2D eigenvalue weighted by Gasteiger charge is 2.33. The molecule has 1 saturated heterocycles. The first-order valence-electron chi connectivity index (χ1n) is 13.0. The van der Waals surface area contributed by atoms with Crippen LogP contribution in [0.25, 0.3) is 0 Å². The Morgan fingerprint density at radius 3 is 2.32 bits per heavy atom. The van der Waals surface area contributed by atoms with Gasteiger partial charge in [-0.15, -0.1) is 18.2 Å². The largest absolute Gasteiger partial charge is 0.377 e. The molecule has 2 unspecified atom stereocenters. The smallest absolute Gasteiger partial charge is 0.261 e. The number of aliphatic hydroxyl groups excluding tert-OH is 2. The van der Waals surface area contributed by atoms with Crippen molar-refractivity contribution in [1.29, 1.82) is 10.7 Å². The lowest BCUT2D eigenvalue weighted by Gasteiger charge is -2.28. The van der Waals surface area contributed by atoms with Crippen molar-refractivity contribution in [2.45, 2.75) is 71.1 Å². The molecule has 41 heavy (non-hydrogen) atoms. The molecule has 0 radical (unpaired) electrons. The SMILES string of the molecule is C/C=C\CCl.C=CC.CC.N#CC(=O)CCC(SN1C(=O)CCC1=CC(=N)c1ccccc1)C(O)N[C@@H](O)C(N)=O. The standard InChI is InChI=1S/C20H23N5O5S.C4H7Cl.C3H6.C2H6/c21-11-14(26)7-8-16(19(29)24-20(30)18(23)28)31-25-13(6-9-17(25)27)10-15(22)12-4-2-1-3-5-12;1-2-3-4-5;1-3-2;1-2/h1-5,10,16,19-20,22,24,29-30H,6-9H2,(H2,23,28);2-3H,4H2,1H3;3H,1H2,2H3;1-2H3/b;3-2-;;/t16?,19?,20-;;;/m0.../s1. The topological polar surface area (TPSA) is 181 Å². The van der Waals surface area contributed by atoms with E-state index >= 15 is 0 Å². The predicted molar refractivity (Wildman–Crippen MR) is 166 cm³/mol. The van der Waals surface area contributed by atoms with Gasteiger partial charge < -0.3 is 21.4 Å². The van der Waals surface area contributed by atoms with Crippen LogP contribution in [0.2, 0.25) is 0 Å². The molecule has 0 bridgehead atoms. The summed E-state index contributed by atoms with van der Waals surface area (Å²) in [6, 6.07) is 10.4. The van der Waals surface area contributed by atoms with Crippen LogP contribution in [0.4, 0.5) is 0 Å². The van der Waals surface area contributed by atoms with E-state index in [0.29, 0.717) is 23.6 Å². The van der Waals surface area contributed by atoms with Crippen LogP contribution in [0, 0.1) is 16.7 Å². The number of Topliss-reactive ketones (excluding diaryl/α,β-unsaturated/α-hetero) is 1. The number of alkyl halides is 1. The number of halogens is 1. The molecule has 1 aromatic rings. The predicted octanol–water partition coefficient (Wildman–Crippen LogP) is 4.18. The highest BCUT2D eigenvalue weighted by Crippen LogP contribution is 2.35. The Labute approximate surface area is 252 Å². The summed E-state index contributed by atoms with van der Waals surface area (Å²) in [6.07, 6.45) is 4.17. The van der Waals surface area contributed by atoms with Crippen molar-refractivity contribution in [2.24, 2.45) is 5.73 Å². The molecule has 3 atom stereocenters. The second kappa shape index (κ2) is 24.5. The molecule has 0 aromatic heterocycles. The van der Waals surface area contributed by atoms with Crippen LogP contribution in [0.1, 0.15) is 58.9 Å². The second-order valence-corrected chi connectivity index (χ2v) is 9.36. The van der Waals surface area contributed by atoms with E-state index in [1.54, 1.807) is 36.4 Å². The normalized spacial score (nSPS) is 15.1. The molecule has 0 saturated carbocycles. The minimum absolute atomic E-state index is 0.0100. The van der Waals surface area contributed by atoms with Gasteiger partial charge >= 0.3 is 0 Å². The Balaban J connectivity index is 0. The van der Waals surface area contributed by atoms with E-state index in [1.165, 1.54) is 10.4 Å². The molecule has 6 N–H and O–H groups in total. The number of allylic oxidation sites excluding steroid dienone is 5. The number of carbonyl (C=O) groups is 3. The fraction of sp³-hybridized carbons (Fsp3) is 0.414. The van der Waals surface area contributed by atoms with E-state index in [2.05, 4.69) is 11.9 Å². The minimum atomic E-state index is -1.83. The maximum atomic E-state index is 12.4. The number of rotatable bonds is 12. The molecule has 0 aliphatic carbocycles. The monoisotopic (exact) mass is 607 g/mol. The van der Waals surface area contributed by atoms with Gasteiger partial charge in [-0.2, -0.15) is 5.26 Å². The summed E-state index contributed by atoms with van der Waals surface area (Å²) in [5.41, 5.74) is 6.40. The molecule has 226 valence electrons. The van der Waals surface area contributed by atoms with Crippen LogP contribution in [-0.4, -0.2) is 61.4 Å². The van der Waals surface area contributed by atoms with Crippen molar-refractivity contribution in [2.75, 3.05) is 5.88 Å². The summed E-state index contributed by atoms with van der Waals surface area (Å²) in [7, 11) is 0. The van der Waals surface area contributed by atoms with E-state index in [0.717, 1.165) is 11.9 Å². The van der Waals surface area contributed by atoms with Gasteiger partial charge in [0.2, 0.25) is 11.7 Å². The lowest BCUT2D eigenvalue weighted by molar-refractivity contribution is -0.130. The number of nitrogens with one attached hydrogen (secondary N) is 2. The first kappa shape index (κ1) is 39.9. The number of carbonyl (C=O) groups excluding carboxylic acids is 3. The average Bonchev–Trinajstić information content (AvgIpc) is 3.31. The zero-order valence-electron chi connectivity index (χ0n) is 24.0. The van der Waals surface area contributed by atoms with Gasteiger partial charge in [0, 0.05) is 24.4 Å². The van der Waals surface area contributed by atoms with E-state index in [1.807, 2.05) is 45.9 Å². The van der Waals surface area contributed by atoms with Gasteiger partial charge in [-0.25, -0.2) is 0 Å². The molecule has 0 spiro atoms. The average molecular weight is 608 g/mol. The lowest BCUT2D eigenvalue weighted by Crippen LogP contribution is -2.50. The van der Waals surface area contributed by atoms with E-state index in [-0.39, 0.29) is 30.9 Å². The molecule has 2 amide bonds. The Bertz CT molecular complexity index is 1060. The van der Waals surface area contributed by atoms with Crippen LogP contribution in [0.5, 0.6) is 0 Å². The zero-order chi connectivity index (χ0) is 31.8. The molecule has 10 nitrogen and oxygen atoms in total. The van der Waals surface area contributed by atoms with Crippen LogP contribution in [0.15, 0.2) is 66.9 Å². The summed E-state index contributed by atoms with van der Waals surface area (Å²) in [4.78, 5) is 34.9. The Kier molecular flexibility index (Phi) is 23.8. The second-order valence-electron chi connectivity index (χ2n) is 7.87. The van der Waals surface area contributed by atoms with Gasteiger partial charge in [-0.05, 0) is 50.3 Å². The summed E-state index contributed by atoms with van der Waals surface area (Å²) >= 11 is 6.12. The fourth-order valence-electron chi connectivity index (χ4n) is 2.90. The van der Waals surface area contributed by atoms with Gasteiger partial charge in [0.1, 0.15) is 12.3 Å². The van der Waals surface area contributed by atoms with Crippen molar-refractivity contribution in [3.05, 3.63) is 72.5 Å². The van der Waals surface area contributed by atoms with E-state index in [9.17, 15) is 24.6 Å². The molecule has 1 heterocycles. The number of aliphatic hydroxyl groups is 2. The molecule has 1 aliphatic rings. The number of amides is 2. The van der Waals surface area contributed by atoms with Crippen LogP contribution >= 0.6 is 23.5 Å². The Morgan fingerprint density at radius 1 is 1.27 bits per heavy atom. The van der Waals surface area contributed by atoms with Gasteiger partial charge in [0.15, 0.2) is 6.23 Å². The van der Waals surface area contributed by atoms with Gasteiger partial charge in [0.25, 0.3) is 5.91 Å². The van der Waals surface area contributed by atoms with Crippen molar-refractivity contribution in [1.82, 2.24) is 9.62 Å². The third-order valence-electron chi connectivity index (χ3n) is 4.77. The molecule has 12 heteroatoms. The molecular weight excluding hydrogens is 566 g/mol. The third kappa shape index (κ3) is 17.2. The van der Waals surface area contributed by atoms with Crippen LogP contribution in [-0.2, 0) is 14.4 Å². The van der Waals surface area contributed by atoms with Crippen LogP contribution in [0.3, 0.4) is 0 Å². The molecule has 1 fully saturated rings. The number of hydrogen-bond acceptors (Lipinski definition) is 9. The minimum Gasteiger partial charge on any atom is -0.377 e. The maximum Gasteiger partial charge on any atom is 0.261 e. The number of primary amides is 1. The number of benzene rings is 1. The van der Waals surface area contributed by atoms with Crippen LogP contribution < -0.4 is 11.1 Å². The molecule has 1 aromatic carbocycles. The number of nitrogens with two attached hydrogens (primary N) is 1. The van der Waals surface area contributed by atoms with E-state index in [4.69, 9.17) is 28.0 Å². The summed E-state index contributed by atoms with van der Waals surface area (Å²) < 4.78 is 1.33. The number of ketones is 1. The summed E-state index contributed by atoms with van der Waals surface area (Å²) in [5.74, 6) is -1.43. The fourth-order valence-corrected chi connectivity index (χ4v) is 4.25. The van der Waals surface area contributed by atoms with Crippen molar-refractivity contribution < 1.29 is 24.6 Å². The maximum absolute atomic E-state index is 12.4. The Hall–Kier alpha value is -3.27. The number of hydrogen-bond donors (Lipinski definition) is 5. The number of nitriles is 1. The summed E-state index contributed by atoms with van der Waals surface area (Å²) in [5, 5.41) is 38.3. The third-order valence-corrected chi connectivity index (χ3v) is 6.37. The zero-order valence-corrected chi connectivity index (χ0v) is 25.6. The van der Waals surface area contributed by atoms with E-state index < -0.39 is 29.4 Å². The summed E-state index contributed by atoms with van der Waals surface area (Å²) in [6.45, 7) is 11.2. The van der Waals surface area contributed by atoms with Crippen molar-refractivity contribution in [3.8, 4) is 6.07 Å². The lowest BCUT2D eigenvalue weighted by atomic mass is 10.1. The van der Waals surface area contributed by atoms with Crippen molar-refractivity contribution >= 4 is 46.9 Å². The first-order valence-corrected chi connectivity index (χ1v) is 14.4.